The second-order valence-electron chi connectivity index (χ2n) is 4.98. The number of rotatable bonds is 3. The minimum absolute atomic E-state index is 0.247. The number of hydrogen-bond donors (Lipinski definition) is 2. The van der Waals surface area contributed by atoms with Gasteiger partial charge in [0.15, 0.2) is 0 Å². The Morgan fingerprint density at radius 3 is 2.75 bits per heavy atom. The molecule has 3 rings (SSSR count). The van der Waals surface area contributed by atoms with Crippen molar-refractivity contribution >= 4 is 15.9 Å². The largest absolute Gasteiger partial charge is 0.271 e. The van der Waals surface area contributed by atoms with Crippen LogP contribution < -0.4 is 11.3 Å². The lowest BCUT2D eigenvalue weighted by Crippen LogP contribution is -2.32. The summed E-state index contributed by atoms with van der Waals surface area (Å²) in [4.78, 5) is 0. The number of hydrazine groups is 1. The first-order chi connectivity index (χ1) is 7.74. The molecule has 1 aromatic rings. The van der Waals surface area contributed by atoms with Crippen LogP contribution in [0.3, 0.4) is 0 Å². The summed E-state index contributed by atoms with van der Waals surface area (Å²) in [5, 5.41) is 4.26. The van der Waals surface area contributed by atoms with Gasteiger partial charge in [-0.3, -0.25) is 16.0 Å². The lowest BCUT2D eigenvalue weighted by Gasteiger charge is -2.18. The molecule has 0 aromatic carbocycles. The van der Waals surface area contributed by atoms with Crippen LogP contribution >= 0.6 is 15.9 Å². The van der Waals surface area contributed by atoms with Crippen molar-refractivity contribution in [2.45, 2.75) is 25.3 Å². The van der Waals surface area contributed by atoms with Gasteiger partial charge in [0.1, 0.15) is 0 Å². The molecule has 5 heteroatoms. The van der Waals surface area contributed by atoms with Gasteiger partial charge >= 0.3 is 0 Å². The van der Waals surface area contributed by atoms with E-state index in [1.807, 2.05) is 17.9 Å². The van der Waals surface area contributed by atoms with E-state index in [4.69, 9.17) is 5.84 Å². The van der Waals surface area contributed by atoms with Gasteiger partial charge in [0.05, 0.1) is 22.4 Å². The van der Waals surface area contributed by atoms with Crippen LogP contribution in [0.25, 0.3) is 0 Å². The van der Waals surface area contributed by atoms with Crippen LogP contribution in [0.5, 0.6) is 0 Å². The highest BCUT2D eigenvalue weighted by Gasteiger charge is 2.56. The quantitative estimate of drug-likeness (QED) is 0.657. The molecule has 3 N–H and O–H groups in total. The van der Waals surface area contributed by atoms with Gasteiger partial charge in [-0.15, -0.1) is 0 Å². The number of aromatic nitrogens is 2. The summed E-state index contributed by atoms with van der Waals surface area (Å²) in [5.41, 5.74) is 4.17. The maximum absolute atomic E-state index is 5.73. The zero-order chi connectivity index (χ0) is 11.3. The van der Waals surface area contributed by atoms with Gasteiger partial charge in [-0.2, -0.15) is 5.10 Å². The average molecular weight is 285 g/mol. The van der Waals surface area contributed by atoms with Crippen LogP contribution in [0, 0.1) is 17.8 Å². The van der Waals surface area contributed by atoms with E-state index in [1.54, 1.807) is 0 Å². The van der Waals surface area contributed by atoms with Crippen molar-refractivity contribution in [1.82, 2.24) is 15.2 Å². The topological polar surface area (TPSA) is 55.9 Å². The third kappa shape index (κ3) is 1.45. The van der Waals surface area contributed by atoms with Crippen molar-refractivity contribution in [3.05, 3.63) is 16.4 Å². The Bertz CT molecular complexity index is 373. The minimum atomic E-state index is 0.247. The zero-order valence-corrected chi connectivity index (χ0v) is 10.9. The zero-order valence-electron chi connectivity index (χ0n) is 9.36. The summed E-state index contributed by atoms with van der Waals surface area (Å²) < 4.78 is 2.98. The van der Waals surface area contributed by atoms with Crippen molar-refractivity contribution in [2.24, 2.45) is 30.6 Å². The molecular formula is C11H17BrN4. The highest BCUT2D eigenvalue weighted by molar-refractivity contribution is 9.10. The number of nitrogens with zero attached hydrogens (tertiary/aromatic N) is 2. The fourth-order valence-electron chi connectivity index (χ4n) is 3.51. The standard InChI is InChI=1S/C11H17BrN4/c1-16-11(8(12)5-14-16)10(15-13)9-6-3-2-4-7(6)9/h5-7,9-10,15H,2-4,13H2,1H3. The molecule has 3 unspecified atom stereocenters. The monoisotopic (exact) mass is 284 g/mol. The van der Waals surface area contributed by atoms with Gasteiger partial charge < -0.3 is 0 Å². The predicted octanol–water partition coefficient (Wildman–Crippen LogP) is 1.73. The van der Waals surface area contributed by atoms with Crippen LogP contribution in [-0.4, -0.2) is 9.78 Å². The molecule has 3 atom stereocenters. The van der Waals surface area contributed by atoms with E-state index in [-0.39, 0.29) is 6.04 Å². The van der Waals surface area contributed by atoms with Crippen molar-refractivity contribution in [3.8, 4) is 0 Å². The number of halogens is 1. The van der Waals surface area contributed by atoms with Gasteiger partial charge in [0.2, 0.25) is 0 Å². The molecule has 16 heavy (non-hydrogen) atoms. The van der Waals surface area contributed by atoms with Crippen molar-refractivity contribution in [3.63, 3.8) is 0 Å². The van der Waals surface area contributed by atoms with Gasteiger partial charge in [0, 0.05) is 7.05 Å². The fraction of sp³-hybridized carbons (Fsp3) is 0.727. The molecule has 1 aromatic heterocycles. The Morgan fingerprint density at radius 1 is 1.56 bits per heavy atom. The Kier molecular flexibility index (Phi) is 2.57. The molecule has 2 saturated carbocycles. The van der Waals surface area contributed by atoms with Crippen LogP contribution in [0.15, 0.2) is 10.7 Å². The molecule has 2 fully saturated rings. The van der Waals surface area contributed by atoms with E-state index in [0.29, 0.717) is 5.92 Å². The number of nitrogens with one attached hydrogen (secondary N) is 1. The number of hydrogen-bond acceptors (Lipinski definition) is 3. The second-order valence-corrected chi connectivity index (χ2v) is 5.84. The van der Waals surface area contributed by atoms with E-state index in [9.17, 15) is 0 Å². The summed E-state index contributed by atoms with van der Waals surface area (Å²) in [6, 6.07) is 0.247. The van der Waals surface area contributed by atoms with Crippen LogP contribution in [0.4, 0.5) is 0 Å². The minimum Gasteiger partial charge on any atom is -0.271 e. The molecule has 0 aliphatic heterocycles. The summed E-state index contributed by atoms with van der Waals surface area (Å²) in [6.07, 6.45) is 6.00. The Morgan fingerprint density at radius 2 is 2.25 bits per heavy atom. The SMILES string of the molecule is Cn1ncc(Br)c1C(NN)C1C2CCCC21. The molecule has 1 heterocycles. The van der Waals surface area contributed by atoms with Gasteiger partial charge in [-0.1, -0.05) is 6.42 Å². The van der Waals surface area contributed by atoms with Crippen molar-refractivity contribution in [2.75, 3.05) is 0 Å². The molecule has 0 spiro atoms. The highest BCUT2D eigenvalue weighted by atomic mass is 79.9. The third-order valence-corrected chi connectivity index (χ3v) is 4.88. The molecule has 88 valence electrons. The van der Waals surface area contributed by atoms with Gasteiger partial charge in [-0.25, -0.2) is 0 Å². The van der Waals surface area contributed by atoms with Crippen LogP contribution in [-0.2, 0) is 7.05 Å². The Balaban J connectivity index is 1.87. The second kappa shape index (κ2) is 3.82. The Labute approximate surface area is 104 Å². The van der Waals surface area contributed by atoms with Crippen LogP contribution in [0.1, 0.15) is 31.0 Å². The Hall–Kier alpha value is -0.390. The maximum Gasteiger partial charge on any atom is 0.0708 e. The first kappa shape index (κ1) is 10.7. The summed E-state index contributed by atoms with van der Waals surface area (Å²) in [6.45, 7) is 0. The van der Waals surface area contributed by atoms with E-state index >= 15 is 0 Å². The fourth-order valence-corrected chi connectivity index (χ4v) is 4.11. The normalized spacial score (nSPS) is 33.8. The first-order valence-electron chi connectivity index (χ1n) is 5.87. The molecule has 4 nitrogen and oxygen atoms in total. The smallest absolute Gasteiger partial charge is 0.0708 e. The summed E-state index contributed by atoms with van der Waals surface area (Å²) in [5.74, 6) is 8.23. The lowest BCUT2D eigenvalue weighted by molar-refractivity contribution is 0.402. The summed E-state index contributed by atoms with van der Waals surface area (Å²) >= 11 is 3.56. The molecule has 0 saturated heterocycles. The predicted molar refractivity (Wildman–Crippen MR) is 65.3 cm³/mol. The lowest BCUT2D eigenvalue weighted by atomic mass is 10.0. The van der Waals surface area contributed by atoms with E-state index < -0.39 is 0 Å². The van der Waals surface area contributed by atoms with Crippen molar-refractivity contribution < 1.29 is 0 Å². The van der Waals surface area contributed by atoms with Crippen molar-refractivity contribution in [1.29, 1.82) is 0 Å². The molecule has 0 amide bonds. The molecular weight excluding hydrogens is 268 g/mol. The van der Waals surface area contributed by atoms with E-state index in [1.165, 1.54) is 25.0 Å². The number of nitrogens with two attached hydrogens (primary N) is 1. The first-order valence-corrected chi connectivity index (χ1v) is 6.67. The summed E-state index contributed by atoms with van der Waals surface area (Å²) in [7, 11) is 1.97. The van der Waals surface area contributed by atoms with E-state index in [0.717, 1.165) is 16.3 Å². The van der Waals surface area contributed by atoms with Gasteiger partial charge in [0.25, 0.3) is 0 Å². The van der Waals surface area contributed by atoms with Crippen LogP contribution in [0.2, 0.25) is 0 Å². The molecule has 2 aliphatic carbocycles. The molecule has 0 radical (unpaired) electrons. The number of aryl methyl sites for hydroxylation is 1. The van der Waals surface area contributed by atoms with E-state index in [2.05, 4.69) is 26.5 Å². The highest BCUT2D eigenvalue weighted by Crippen LogP contribution is 2.62. The molecule has 2 aliphatic rings. The average Bonchev–Trinajstić information content (AvgIpc) is 2.63. The maximum atomic E-state index is 5.73. The third-order valence-electron chi connectivity index (χ3n) is 4.27. The molecule has 0 bridgehead atoms. The number of fused-ring (bicyclic) bond motifs is 1. The van der Waals surface area contributed by atoms with Gasteiger partial charge in [-0.05, 0) is 46.5 Å².